The van der Waals surface area contributed by atoms with Crippen molar-refractivity contribution in [2.24, 2.45) is 0 Å². The Morgan fingerprint density at radius 1 is 0.973 bits per heavy atom. The van der Waals surface area contributed by atoms with Gasteiger partial charge in [-0.05, 0) is 60.4 Å². The summed E-state index contributed by atoms with van der Waals surface area (Å²) >= 11 is 6.58. The van der Waals surface area contributed by atoms with E-state index in [1.165, 1.54) is 13.2 Å². The van der Waals surface area contributed by atoms with Crippen LogP contribution in [0.25, 0.3) is 11.1 Å². The second kappa shape index (κ2) is 11.9. The molecule has 0 unspecified atom stereocenters. The van der Waals surface area contributed by atoms with Crippen LogP contribution in [0.4, 0.5) is 5.69 Å². The van der Waals surface area contributed by atoms with Crippen LogP contribution < -0.4 is 15.4 Å². The molecular weight excluding hydrogens is 492 g/mol. The van der Waals surface area contributed by atoms with Crippen molar-refractivity contribution in [3.63, 3.8) is 0 Å². The van der Waals surface area contributed by atoms with E-state index in [1.807, 2.05) is 6.07 Å². The summed E-state index contributed by atoms with van der Waals surface area (Å²) in [5, 5.41) is 6.19. The molecule has 3 aromatic rings. The van der Waals surface area contributed by atoms with Gasteiger partial charge < -0.3 is 20.1 Å². The first-order chi connectivity index (χ1) is 17.9. The predicted molar refractivity (Wildman–Crippen MR) is 143 cm³/mol. The number of anilines is 1. The Kier molecular flexibility index (Phi) is 8.46. The SMILES string of the molecule is COC(=O)c1cc(-c2ccc(C(=O)NC3CCCC3)cc2)c(Cl)cc1NC(=O)Cc1cccc(OC)c1. The van der Waals surface area contributed by atoms with E-state index in [9.17, 15) is 14.4 Å². The molecule has 0 saturated heterocycles. The van der Waals surface area contributed by atoms with Crippen molar-refractivity contribution >= 4 is 35.1 Å². The summed E-state index contributed by atoms with van der Waals surface area (Å²) in [5.74, 6) is -0.383. The number of carbonyl (C=O) groups excluding carboxylic acids is 3. The summed E-state index contributed by atoms with van der Waals surface area (Å²) in [4.78, 5) is 37.9. The zero-order chi connectivity index (χ0) is 26.4. The van der Waals surface area contributed by atoms with Crippen LogP contribution in [0, 0.1) is 0 Å². The van der Waals surface area contributed by atoms with Crippen molar-refractivity contribution < 1.29 is 23.9 Å². The maximum absolute atomic E-state index is 12.8. The van der Waals surface area contributed by atoms with Gasteiger partial charge in [0, 0.05) is 17.2 Å². The maximum atomic E-state index is 12.8. The fourth-order valence-electron chi connectivity index (χ4n) is 4.48. The molecule has 8 heteroatoms. The lowest BCUT2D eigenvalue weighted by Gasteiger charge is -2.15. The molecule has 1 aliphatic rings. The Morgan fingerprint density at radius 3 is 2.38 bits per heavy atom. The van der Waals surface area contributed by atoms with Crippen LogP contribution in [-0.4, -0.2) is 38.0 Å². The summed E-state index contributed by atoms with van der Waals surface area (Å²) in [6.07, 6.45) is 4.39. The van der Waals surface area contributed by atoms with Crippen LogP contribution in [0.1, 0.15) is 52.0 Å². The quantitative estimate of drug-likeness (QED) is 0.374. The van der Waals surface area contributed by atoms with E-state index < -0.39 is 5.97 Å². The van der Waals surface area contributed by atoms with Gasteiger partial charge in [0.05, 0.1) is 36.9 Å². The highest BCUT2D eigenvalue weighted by Gasteiger charge is 2.20. The van der Waals surface area contributed by atoms with Crippen LogP contribution in [0.5, 0.6) is 5.75 Å². The molecule has 7 nitrogen and oxygen atoms in total. The topological polar surface area (TPSA) is 93.7 Å². The van der Waals surface area contributed by atoms with Gasteiger partial charge in [-0.3, -0.25) is 9.59 Å². The number of esters is 1. The highest BCUT2D eigenvalue weighted by Crippen LogP contribution is 2.34. The Morgan fingerprint density at radius 2 is 1.70 bits per heavy atom. The third kappa shape index (κ3) is 6.49. The lowest BCUT2D eigenvalue weighted by Crippen LogP contribution is -2.32. The number of amides is 2. The summed E-state index contributed by atoms with van der Waals surface area (Å²) in [6, 6.07) is 17.6. The van der Waals surface area contributed by atoms with Gasteiger partial charge in [0.1, 0.15) is 5.75 Å². The zero-order valence-electron chi connectivity index (χ0n) is 20.8. The molecule has 2 N–H and O–H groups in total. The Hall–Kier alpha value is -3.84. The standard InChI is InChI=1S/C29H29ClN2O5/c1-36-22-9-5-6-18(14-22)15-27(33)32-26-17-25(30)23(16-24(26)29(35)37-2)19-10-12-20(13-11-19)28(34)31-21-7-3-4-8-21/h5-6,9-14,16-17,21H,3-4,7-8,15H2,1-2H3,(H,31,34)(H,32,33). The van der Waals surface area contributed by atoms with E-state index in [0.29, 0.717) is 21.9 Å². The molecule has 0 spiro atoms. The lowest BCUT2D eigenvalue weighted by atomic mass is 10.00. The zero-order valence-corrected chi connectivity index (χ0v) is 21.6. The van der Waals surface area contributed by atoms with Crippen LogP contribution in [0.3, 0.4) is 0 Å². The van der Waals surface area contributed by atoms with E-state index in [2.05, 4.69) is 10.6 Å². The average Bonchev–Trinajstić information content (AvgIpc) is 3.41. The number of hydrogen-bond donors (Lipinski definition) is 2. The second-order valence-electron chi connectivity index (χ2n) is 8.98. The molecule has 0 aliphatic heterocycles. The number of halogens is 1. The monoisotopic (exact) mass is 520 g/mol. The second-order valence-corrected chi connectivity index (χ2v) is 9.39. The largest absolute Gasteiger partial charge is 0.497 e. The third-order valence-electron chi connectivity index (χ3n) is 6.43. The number of carbonyl (C=O) groups is 3. The molecule has 37 heavy (non-hydrogen) atoms. The van der Waals surface area contributed by atoms with Crippen LogP contribution in [0.2, 0.25) is 5.02 Å². The summed E-state index contributed by atoms with van der Waals surface area (Å²) in [6.45, 7) is 0. The van der Waals surface area contributed by atoms with Crippen molar-refractivity contribution in [3.8, 4) is 16.9 Å². The highest BCUT2D eigenvalue weighted by atomic mass is 35.5. The summed E-state index contributed by atoms with van der Waals surface area (Å²) < 4.78 is 10.2. The molecule has 4 rings (SSSR count). The van der Waals surface area contributed by atoms with Crippen LogP contribution >= 0.6 is 11.6 Å². The molecule has 0 heterocycles. The van der Waals surface area contributed by atoms with Crippen molar-refractivity contribution in [3.05, 3.63) is 82.4 Å². The molecule has 0 radical (unpaired) electrons. The molecule has 0 atom stereocenters. The molecule has 2 amide bonds. The minimum Gasteiger partial charge on any atom is -0.497 e. The van der Waals surface area contributed by atoms with E-state index in [1.54, 1.807) is 55.6 Å². The molecule has 0 aromatic heterocycles. The van der Waals surface area contributed by atoms with Gasteiger partial charge in [-0.25, -0.2) is 4.79 Å². The predicted octanol–water partition coefficient (Wildman–Crippen LogP) is 5.66. The van der Waals surface area contributed by atoms with Gasteiger partial charge in [-0.2, -0.15) is 0 Å². The molecule has 192 valence electrons. The summed E-state index contributed by atoms with van der Waals surface area (Å²) in [5.41, 5.74) is 3.04. The maximum Gasteiger partial charge on any atom is 0.339 e. The first-order valence-electron chi connectivity index (χ1n) is 12.1. The molecule has 1 aliphatic carbocycles. The van der Waals surface area contributed by atoms with Crippen molar-refractivity contribution in [1.82, 2.24) is 5.32 Å². The van der Waals surface area contributed by atoms with Gasteiger partial charge in [-0.1, -0.05) is 48.7 Å². The molecule has 3 aromatic carbocycles. The van der Waals surface area contributed by atoms with Crippen LogP contribution in [0.15, 0.2) is 60.7 Å². The Balaban J connectivity index is 1.54. The normalized spacial score (nSPS) is 13.2. The number of nitrogens with one attached hydrogen (secondary N) is 2. The highest BCUT2D eigenvalue weighted by molar-refractivity contribution is 6.34. The van der Waals surface area contributed by atoms with Crippen molar-refractivity contribution in [1.29, 1.82) is 0 Å². The number of benzene rings is 3. The number of hydrogen-bond acceptors (Lipinski definition) is 5. The van der Waals surface area contributed by atoms with E-state index in [-0.39, 0.29) is 35.5 Å². The average molecular weight is 521 g/mol. The van der Waals surface area contributed by atoms with Gasteiger partial charge >= 0.3 is 5.97 Å². The fourth-order valence-corrected chi connectivity index (χ4v) is 4.75. The minimum atomic E-state index is -0.609. The number of methoxy groups -OCH3 is 2. The first-order valence-corrected chi connectivity index (χ1v) is 12.5. The fraction of sp³-hybridized carbons (Fsp3) is 0.276. The summed E-state index contributed by atoms with van der Waals surface area (Å²) in [7, 11) is 2.83. The smallest absolute Gasteiger partial charge is 0.339 e. The van der Waals surface area contributed by atoms with Crippen LogP contribution in [-0.2, 0) is 16.0 Å². The number of rotatable bonds is 8. The van der Waals surface area contributed by atoms with Gasteiger partial charge in [0.15, 0.2) is 0 Å². The molecule has 0 bridgehead atoms. The van der Waals surface area contributed by atoms with E-state index in [4.69, 9.17) is 21.1 Å². The Bertz CT molecular complexity index is 1300. The van der Waals surface area contributed by atoms with Crippen molar-refractivity contribution in [2.75, 3.05) is 19.5 Å². The first kappa shape index (κ1) is 26.2. The van der Waals surface area contributed by atoms with Gasteiger partial charge in [-0.15, -0.1) is 0 Å². The molecular formula is C29H29ClN2O5. The van der Waals surface area contributed by atoms with E-state index >= 15 is 0 Å². The lowest BCUT2D eigenvalue weighted by molar-refractivity contribution is -0.115. The third-order valence-corrected chi connectivity index (χ3v) is 6.75. The van der Waals surface area contributed by atoms with Gasteiger partial charge in [0.25, 0.3) is 5.91 Å². The van der Waals surface area contributed by atoms with E-state index in [0.717, 1.165) is 36.8 Å². The minimum absolute atomic E-state index is 0.0849. The number of ether oxygens (including phenoxy) is 2. The Labute approximate surface area is 221 Å². The molecule has 1 fully saturated rings. The van der Waals surface area contributed by atoms with Crippen molar-refractivity contribution in [2.45, 2.75) is 38.1 Å². The van der Waals surface area contributed by atoms with Gasteiger partial charge in [0.2, 0.25) is 5.91 Å². The molecule has 1 saturated carbocycles.